The lowest BCUT2D eigenvalue weighted by molar-refractivity contribution is -0.153. The molecule has 3 rings (SSSR count). The molecule has 3 heterocycles. The van der Waals surface area contributed by atoms with Gasteiger partial charge in [0.05, 0.1) is 24.3 Å². The first kappa shape index (κ1) is 15.9. The third-order valence-electron chi connectivity index (χ3n) is 4.31. The van der Waals surface area contributed by atoms with Crippen molar-refractivity contribution in [3.05, 3.63) is 30.1 Å². The molecule has 0 saturated carbocycles. The number of carbonyl (C=O) groups excluding carboxylic acids is 2. The molecule has 0 aromatic carbocycles. The first-order valence-electron chi connectivity index (χ1n) is 8.18. The molecule has 124 valence electrons. The number of carbonyl (C=O) groups is 2. The van der Waals surface area contributed by atoms with Crippen LogP contribution >= 0.6 is 0 Å². The molecule has 1 aromatic heterocycles. The average Bonchev–Trinajstić information content (AvgIpc) is 2.95. The molecule has 2 aliphatic heterocycles. The zero-order chi connectivity index (χ0) is 16.1. The lowest BCUT2D eigenvalue weighted by Gasteiger charge is -2.22. The summed E-state index contributed by atoms with van der Waals surface area (Å²) in [5.41, 5.74) is 0.825. The summed E-state index contributed by atoms with van der Waals surface area (Å²) >= 11 is 0. The van der Waals surface area contributed by atoms with E-state index in [0.717, 1.165) is 31.6 Å². The SMILES string of the molecule is O=C(OC[C@@H]1CCCCO1)[C@@H]1CC(=O)N(Cc2ccccn2)C1. The van der Waals surface area contributed by atoms with Gasteiger partial charge in [-0.3, -0.25) is 14.6 Å². The Bertz CT molecular complexity index is 543. The number of esters is 1. The molecular formula is C17H22N2O4. The van der Waals surface area contributed by atoms with E-state index in [-0.39, 0.29) is 30.3 Å². The highest BCUT2D eigenvalue weighted by Crippen LogP contribution is 2.21. The van der Waals surface area contributed by atoms with Crippen LogP contribution in [0.25, 0.3) is 0 Å². The Balaban J connectivity index is 1.47. The Kier molecular flexibility index (Phi) is 5.23. The first-order chi connectivity index (χ1) is 11.2. The molecule has 2 fully saturated rings. The number of rotatable bonds is 5. The fraction of sp³-hybridized carbons (Fsp3) is 0.588. The quantitative estimate of drug-likeness (QED) is 0.770. The van der Waals surface area contributed by atoms with Crippen LogP contribution in [0, 0.1) is 5.92 Å². The molecule has 0 bridgehead atoms. The monoisotopic (exact) mass is 318 g/mol. The zero-order valence-electron chi connectivity index (χ0n) is 13.1. The molecule has 2 saturated heterocycles. The highest BCUT2D eigenvalue weighted by molar-refractivity contribution is 5.86. The summed E-state index contributed by atoms with van der Waals surface area (Å²) < 4.78 is 10.9. The molecule has 0 unspecified atom stereocenters. The van der Waals surface area contributed by atoms with Crippen LogP contribution in [0.2, 0.25) is 0 Å². The van der Waals surface area contributed by atoms with Crippen LogP contribution in [0.3, 0.4) is 0 Å². The molecule has 2 atom stereocenters. The standard InChI is InChI=1S/C17H22N2O4/c20-16-9-13(10-19(16)11-14-5-1-3-7-18-14)17(21)23-12-15-6-2-4-8-22-15/h1,3,5,7,13,15H,2,4,6,8-12H2/t13-,15+/m1/s1. The highest BCUT2D eigenvalue weighted by Gasteiger charge is 2.35. The third kappa shape index (κ3) is 4.28. The van der Waals surface area contributed by atoms with Gasteiger partial charge < -0.3 is 14.4 Å². The van der Waals surface area contributed by atoms with E-state index in [1.807, 2.05) is 18.2 Å². The summed E-state index contributed by atoms with van der Waals surface area (Å²) in [5.74, 6) is -0.697. The summed E-state index contributed by atoms with van der Waals surface area (Å²) in [6, 6.07) is 5.60. The molecule has 0 radical (unpaired) electrons. The average molecular weight is 318 g/mol. The van der Waals surface area contributed by atoms with Crippen molar-refractivity contribution in [2.24, 2.45) is 5.92 Å². The van der Waals surface area contributed by atoms with Gasteiger partial charge in [0.25, 0.3) is 0 Å². The van der Waals surface area contributed by atoms with Crippen molar-refractivity contribution in [3.8, 4) is 0 Å². The van der Waals surface area contributed by atoms with Crippen LogP contribution in [0.1, 0.15) is 31.4 Å². The molecule has 6 heteroatoms. The normalized spacial score (nSPS) is 24.7. The summed E-state index contributed by atoms with van der Waals surface area (Å²) in [6.45, 7) is 1.88. The second-order valence-electron chi connectivity index (χ2n) is 6.12. The van der Waals surface area contributed by atoms with Gasteiger partial charge in [0.2, 0.25) is 5.91 Å². The van der Waals surface area contributed by atoms with Gasteiger partial charge in [0.1, 0.15) is 6.61 Å². The van der Waals surface area contributed by atoms with E-state index in [1.54, 1.807) is 11.1 Å². The number of hydrogen-bond donors (Lipinski definition) is 0. The van der Waals surface area contributed by atoms with Crippen LogP contribution < -0.4 is 0 Å². The van der Waals surface area contributed by atoms with Gasteiger partial charge in [0, 0.05) is 25.8 Å². The van der Waals surface area contributed by atoms with E-state index in [9.17, 15) is 9.59 Å². The van der Waals surface area contributed by atoms with Crippen molar-refractivity contribution in [2.45, 2.75) is 38.3 Å². The molecule has 0 spiro atoms. The second-order valence-corrected chi connectivity index (χ2v) is 6.12. The van der Waals surface area contributed by atoms with Crippen molar-refractivity contribution in [3.63, 3.8) is 0 Å². The zero-order valence-corrected chi connectivity index (χ0v) is 13.1. The largest absolute Gasteiger partial charge is 0.463 e. The number of likely N-dealkylation sites (tertiary alicyclic amines) is 1. The lowest BCUT2D eigenvalue weighted by atomic mass is 10.1. The summed E-state index contributed by atoms with van der Waals surface area (Å²) in [4.78, 5) is 30.1. The number of ether oxygens (including phenoxy) is 2. The minimum absolute atomic E-state index is 0.00873. The summed E-state index contributed by atoms with van der Waals surface area (Å²) in [7, 11) is 0. The summed E-state index contributed by atoms with van der Waals surface area (Å²) in [6.07, 6.45) is 5.05. The van der Waals surface area contributed by atoms with E-state index in [0.29, 0.717) is 19.7 Å². The fourth-order valence-electron chi connectivity index (χ4n) is 3.00. The van der Waals surface area contributed by atoms with Crippen LogP contribution in [-0.4, -0.2) is 47.6 Å². The Morgan fingerprint density at radius 3 is 3.04 bits per heavy atom. The van der Waals surface area contributed by atoms with Gasteiger partial charge >= 0.3 is 5.97 Å². The maximum Gasteiger partial charge on any atom is 0.311 e. The Labute approximate surface area is 135 Å². The fourth-order valence-corrected chi connectivity index (χ4v) is 3.00. The van der Waals surface area contributed by atoms with Gasteiger partial charge in [-0.2, -0.15) is 0 Å². The van der Waals surface area contributed by atoms with Gasteiger partial charge in [-0.05, 0) is 31.4 Å². The van der Waals surface area contributed by atoms with Crippen molar-refractivity contribution in [2.75, 3.05) is 19.8 Å². The van der Waals surface area contributed by atoms with E-state index in [4.69, 9.17) is 9.47 Å². The maximum atomic E-state index is 12.2. The lowest BCUT2D eigenvalue weighted by Crippen LogP contribution is -2.29. The highest BCUT2D eigenvalue weighted by atomic mass is 16.6. The maximum absolute atomic E-state index is 12.2. The number of aromatic nitrogens is 1. The number of amides is 1. The molecule has 6 nitrogen and oxygen atoms in total. The predicted molar refractivity (Wildman–Crippen MR) is 82.3 cm³/mol. The molecule has 2 aliphatic rings. The van der Waals surface area contributed by atoms with Crippen LogP contribution in [0.15, 0.2) is 24.4 Å². The Morgan fingerprint density at radius 1 is 1.39 bits per heavy atom. The Hall–Kier alpha value is -1.95. The number of hydrogen-bond acceptors (Lipinski definition) is 5. The molecule has 1 aromatic rings. The topological polar surface area (TPSA) is 68.7 Å². The molecule has 0 N–H and O–H groups in total. The third-order valence-corrected chi connectivity index (χ3v) is 4.31. The van der Waals surface area contributed by atoms with Crippen molar-refractivity contribution in [1.29, 1.82) is 0 Å². The first-order valence-corrected chi connectivity index (χ1v) is 8.18. The van der Waals surface area contributed by atoms with E-state index < -0.39 is 0 Å². The minimum atomic E-state index is -0.380. The second kappa shape index (κ2) is 7.55. The predicted octanol–water partition coefficient (Wildman–Crippen LogP) is 1.54. The van der Waals surface area contributed by atoms with Gasteiger partial charge in [-0.15, -0.1) is 0 Å². The van der Waals surface area contributed by atoms with E-state index in [1.165, 1.54) is 0 Å². The van der Waals surface area contributed by atoms with Crippen molar-refractivity contribution >= 4 is 11.9 Å². The van der Waals surface area contributed by atoms with Crippen molar-refractivity contribution < 1.29 is 19.1 Å². The minimum Gasteiger partial charge on any atom is -0.463 e. The summed E-state index contributed by atoms with van der Waals surface area (Å²) in [5, 5.41) is 0. The van der Waals surface area contributed by atoms with E-state index in [2.05, 4.69) is 4.98 Å². The molecule has 0 aliphatic carbocycles. The number of nitrogens with zero attached hydrogens (tertiary/aromatic N) is 2. The van der Waals surface area contributed by atoms with Gasteiger partial charge in [0.15, 0.2) is 0 Å². The van der Waals surface area contributed by atoms with Gasteiger partial charge in [-0.1, -0.05) is 6.07 Å². The molecule has 23 heavy (non-hydrogen) atoms. The number of pyridine rings is 1. The molecule has 1 amide bonds. The van der Waals surface area contributed by atoms with Crippen LogP contribution in [0.5, 0.6) is 0 Å². The van der Waals surface area contributed by atoms with Gasteiger partial charge in [-0.25, -0.2) is 0 Å². The van der Waals surface area contributed by atoms with E-state index >= 15 is 0 Å². The van der Waals surface area contributed by atoms with Crippen molar-refractivity contribution in [1.82, 2.24) is 9.88 Å². The molecular weight excluding hydrogens is 296 g/mol. The van der Waals surface area contributed by atoms with Crippen LogP contribution in [0.4, 0.5) is 0 Å². The van der Waals surface area contributed by atoms with Crippen LogP contribution in [-0.2, 0) is 25.6 Å². The smallest absolute Gasteiger partial charge is 0.311 e. The Morgan fingerprint density at radius 2 is 2.30 bits per heavy atom.